The Morgan fingerprint density at radius 2 is 1.80 bits per heavy atom. The molecule has 1 amide bonds. The molecule has 4 nitrogen and oxygen atoms in total. The molecule has 1 aliphatic rings. The van der Waals surface area contributed by atoms with Gasteiger partial charge in [-0.1, -0.05) is 29.8 Å². The summed E-state index contributed by atoms with van der Waals surface area (Å²) in [4.78, 5) is 16.3. The normalized spacial score (nSPS) is 16.4. The van der Waals surface area contributed by atoms with Crippen molar-refractivity contribution in [1.82, 2.24) is 15.1 Å². The van der Waals surface area contributed by atoms with E-state index in [2.05, 4.69) is 48.5 Å². The number of amides is 1. The largest absolute Gasteiger partial charge is 0.340 e. The van der Waals surface area contributed by atoms with Gasteiger partial charge in [0.05, 0.1) is 0 Å². The molecular weight excluding hydrogens is 250 g/mol. The molecule has 1 aromatic rings. The summed E-state index contributed by atoms with van der Waals surface area (Å²) in [7, 11) is 2.10. The second-order valence-corrected chi connectivity index (χ2v) is 5.60. The van der Waals surface area contributed by atoms with Crippen LogP contribution in [0.1, 0.15) is 17.5 Å². The van der Waals surface area contributed by atoms with Crippen LogP contribution >= 0.6 is 0 Å². The zero-order valence-electron chi connectivity index (χ0n) is 12.6. The molecular formula is C16H25N3O. The number of piperazine rings is 1. The fourth-order valence-corrected chi connectivity index (χ4v) is 2.35. The minimum atomic E-state index is 0.273. The summed E-state index contributed by atoms with van der Waals surface area (Å²) >= 11 is 0. The van der Waals surface area contributed by atoms with Gasteiger partial charge in [0.15, 0.2) is 0 Å². The zero-order chi connectivity index (χ0) is 14.4. The Kier molecular flexibility index (Phi) is 5.56. The summed E-state index contributed by atoms with van der Waals surface area (Å²) in [5.41, 5.74) is 2.54. The van der Waals surface area contributed by atoms with Gasteiger partial charge in [0.1, 0.15) is 0 Å². The molecule has 1 aromatic carbocycles. The zero-order valence-corrected chi connectivity index (χ0v) is 12.6. The topological polar surface area (TPSA) is 35.6 Å². The third kappa shape index (κ3) is 4.62. The third-order valence-corrected chi connectivity index (χ3v) is 3.82. The highest BCUT2D eigenvalue weighted by Gasteiger charge is 2.18. The Morgan fingerprint density at radius 1 is 1.15 bits per heavy atom. The summed E-state index contributed by atoms with van der Waals surface area (Å²) in [5, 5.41) is 3.34. The molecule has 1 saturated heterocycles. The van der Waals surface area contributed by atoms with Crippen molar-refractivity contribution in [2.75, 3.05) is 39.8 Å². The van der Waals surface area contributed by atoms with Crippen LogP contribution in [0, 0.1) is 6.92 Å². The molecule has 2 rings (SSSR count). The van der Waals surface area contributed by atoms with Crippen molar-refractivity contribution in [3.05, 3.63) is 35.4 Å². The molecule has 0 bridgehead atoms. The molecule has 0 unspecified atom stereocenters. The van der Waals surface area contributed by atoms with Crippen LogP contribution in [0.2, 0.25) is 0 Å². The minimum Gasteiger partial charge on any atom is -0.340 e. The number of carbonyl (C=O) groups excluding carboxylic acids is 1. The van der Waals surface area contributed by atoms with Crippen molar-refractivity contribution >= 4 is 5.91 Å². The van der Waals surface area contributed by atoms with Gasteiger partial charge < -0.3 is 15.1 Å². The molecule has 0 aliphatic carbocycles. The van der Waals surface area contributed by atoms with E-state index in [1.165, 1.54) is 11.1 Å². The molecule has 1 fully saturated rings. The maximum Gasteiger partial charge on any atom is 0.223 e. The van der Waals surface area contributed by atoms with Gasteiger partial charge in [0.2, 0.25) is 5.91 Å². The van der Waals surface area contributed by atoms with Crippen molar-refractivity contribution in [3.8, 4) is 0 Å². The predicted molar refractivity (Wildman–Crippen MR) is 81.6 cm³/mol. The van der Waals surface area contributed by atoms with Gasteiger partial charge in [-0.25, -0.2) is 0 Å². The number of likely N-dealkylation sites (N-methyl/N-ethyl adjacent to an activating group) is 1. The summed E-state index contributed by atoms with van der Waals surface area (Å²) in [5.74, 6) is 0.273. The maximum atomic E-state index is 12.0. The van der Waals surface area contributed by atoms with E-state index in [9.17, 15) is 4.79 Å². The van der Waals surface area contributed by atoms with E-state index in [1.54, 1.807) is 0 Å². The molecule has 0 saturated carbocycles. The van der Waals surface area contributed by atoms with Gasteiger partial charge in [0.25, 0.3) is 0 Å². The highest BCUT2D eigenvalue weighted by Crippen LogP contribution is 2.03. The van der Waals surface area contributed by atoms with E-state index < -0.39 is 0 Å². The van der Waals surface area contributed by atoms with Gasteiger partial charge in [-0.2, -0.15) is 0 Å². The number of hydrogen-bond acceptors (Lipinski definition) is 3. The summed E-state index contributed by atoms with van der Waals surface area (Å²) in [6.45, 7) is 7.38. The molecule has 1 heterocycles. The van der Waals surface area contributed by atoms with Crippen molar-refractivity contribution < 1.29 is 4.79 Å². The fourth-order valence-electron chi connectivity index (χ4n) is 2.35. The molecule has 0 atom stereocenters. The number of aryl methyl sites for hydroxylation is 1. The van der Waals surface area contributed by atoms with Gasteiger partial charge in [-0.05, 0) is 19.5 Å². The number of nitrogens with one attached hydrogen (secondary N) is 1. The first-order chi connectivity index (χ1) is 9.65. The Balaban J connectivity index is 1.63. The second kappa shape index (κ2) is 7.41. The number of hydrogen-bond donors (Lipinski definition) is 1. The van der Waals surface area contributed by atoms with Crippen LogP contribution in [0.5, 0.6) is 0 Å². The number of carbonyl (C=O) groups is 1. The van der Waals surface area contributed by atoms with Crippen molar-refractivity contribution in [3.63, 3.8) is 0 Å². The standard InChI is InChI=1S/C16H25N3O/c1-14-3-5-15(6-4-14)13-17-8-7-16(20)19-11-9-18(2)10-12-19/h3-6,17H,7-13H2,1-2H3. The SMILES string of the molecule is Cc1ccc(CNCCC(=O)N2CCN(C)CC2)cc1. The molecule has 0 radical (unpaired) electrons. The van der Waals surface area contributed by atoms with Crippen LogP contribution in [0.4, 0.5) is 0 Å². The highest BCUT2D eigenvalue weighted by atomic mass is 16.2. The smallest absolute Gasteiger partial charge is 0.223 e. The number of rotatable bonds is 5. The van der Waals surface area contributed by atoms with E-state index in [-0.39, 0.29) is 5.91 Å². The highest BCUT2D eigenvalue weighted by molar-refractivity contribution is 5.76. The van der Waals surface area contributed by atoms with Gasteiger partial charge in [0, 0.05) is 45.7 Å². The maximum absolute atomic E-state index is 12.0. The van der Waals surface area contributed by atoms with Crippen molar-refractivity contribution in [2.24, 2.45) is 0 Å². The second-order valence-electron chi connectivity index (χ2n) is 5.60. The molecule has 20 heavy (non-hydrogen) atoms. The molecule has 1 N–H and O–H groups in total. The Hall–Kier alpha value is -1.39. The predicted octanol–water partition coefficient (Wildman–Crippen LogP) is 1.25. The van der Waals surface area contributed by atoms with Gasteiger partial charge in [-0.15, -0.1) is 0 Å². The number of nitrogens with zero attached hydrogens (tertiary/aromatic N) is 2. The van der Waals surface area contributed by atoms with Crippen LogP contribution in [0.3, 0.4) is 0 Å². The Morgan fingerprint density at radius 3 is 2.45 bits per heavy atom. The van der Waals surface area contributed by atoms with E-state index in [0.717, 1.165) is 39.3 Å². The Labute approximate surface area is 121 Å². The monoisotopic (exact) mass is 275 g/mol. The van der Waals surface area contributed by atoms with E-state index in [0.29, 0.717) is 6.42 Å². The molecule has 0 spiro atoms. The van der Waals surface area contributed by atoms with E-state index >= 15 is 0 Å². The molecule has 4 heteroatoms. The first-order valence-electron chi connectivity index (χ1n) is 7.38. The minimum absolute atomic E-state index is 0.273. The van der Waals surface area contributed by atoms with Crippen LogP contribution in [-0.4, -0.2) is 55.5 Å². The van der Waals surface area contributed by atoms with Crippen LogP contribution in [0.15, 0.2) is 24.3 Å². The average Bonchev–Trinajstić information content (AvgIpc) is 2.46. The average molecular weight is 275 g/mol. The lowest BCUT2D eigenvalue weighted by Crippen LogP contribution is -2.47. The van der Waals surface area contributed by atoms with E-state index in [1.807, 2.05) is 4.90 Å². The van der Waals surface area contributed by atoms with Crippen LogP contribution < -0.4 is 5.32 Å². The number of benzene rings is 1. The first-order valence-corrected chi connectivity index (χ1v) is 7.38. The lowest BCUT2D eigenvalue weighted by molar-refractivity contribution is -0.132. The molecule has 110 valence electrons. The fraction of sp³-hybridized carbons (Fsp3) is 0.562. The lowest BCUT2D eigenvalue weighted by Gasteiger charge is -2.32. The molecule has 1 aliphatic heterocycles. The van der Waals surface area contributed by atoms with Crippen molar-refractivity contribution in [2.45, 2.75) is 19.9 Å². The first kappa shape index (κ1) is 15.0. The summed E-state index contributed by atoms with van der Waals surface area (Å²) in [6.07, 6.45) is 0.593. The summed E-state index contributed by atoms with van der Waals surface area (Å²) in [6, 6.07) is 8.49. The van der Waals surface area contributed by atoms with Gasteiger partial charge >= 0.3 is 0 Å². The van der Waals surface area contributed by atoms with Crippen LogP contribution in [-0.2, 0) is 11.3 Å². The van der Waals surface area contributed by atoms with Crippen molar-refractivity contribution in [1.29, 1.82) is 0 Å². The van der Waals surface area contributed by atoms with E-state index in [4.69, 9.17) is 0 Å². The van der Waals surface area contributed by atoms with Crippen LogP contribution in [0.25, 0.3) is 0 Å². The lowest BCUT2D eigenvalue weighted by atomic mass is 10.1. The summed E-state index contributed by atoms with van der Waals surface area (Å²) < 4.78 is 0. The molecule has 0 aromatic heterocycles. The third-order valence-electron chi connectivity index (χ3n) is 3.82. The Bertz CT molecular complexity index is 422. The van der Waals surface area contributed by atoms with Gasteiger partial charge in [-0.3, -0.25) is 4.79 Å². The quantitative estimate of drug-likeness (QED) is 0.822.